The van der Waals surface area contributed by atoms with E-state index in [4.69, 9.17) is 32.7 Å². The lowest BCUT2D eigenvalue weighted by atomic mass is 10.1. The summed E-state index contributed by atoms with van der Waals surface area (Å²) in [6, 6.07) is 12.5. The molecule has 3 aromatic rings. The van der Waals surface area contributed by atoms with Gasteiger partial charge >= 0.3 is 0 Å². The molecular weight excluding hydrogens is 445 g/mol. The van der Waals surface area contributed by atoms with E-state index in [0.717, 1.165) is 5.56 Å². The van der Waals surface area contributed by atoms with Crippen LogP contribution >= 0.6 is 35.0 Å². The van der Waals surface area contributed by atoms with Crippen LogP contribution in [-0.4, -0.2) is 22.8 Å². The lowest BCUT2D eigenvalue weighted by Gasteiger charge is -2.16. The molecule has 0 saturated heterocycles. The maximum Gasteiger partial charge on any atom is 0.270 e. The van der Waals surface area contributed by atoms with Crippen molar-refractivity contribution in [1.82, 2.24) is 9.97 Å². The molecule has 154 valence electrons. The van der Waals surface area contributed by atoms with E-state index in [1.165, 1.54) is 11.8 Å². The zero-order valence-electron chi connectivity index (χ0n) is 16.2. The standard InChI is InChI=1S/C21H17Cl2N3O3S/c1-3-28-17-8-13(19-14(10-24)20(27)26-21(25-19)30-2)16(23)9-18(17)29-11-12-6-4-5-7-15(12)22/h4-9H,3,11H2,1-2H3,(H,25,26,27). The summed E-state index contributed by atoms with van der Waals surface area (Å²) in [4.78, 5) is 19.2. The van der Waals surface area contributed by atoms with Crippen molar-refractivity contribution in [2.24, 2.45) is 0 Å². The van der Waals surface area contributed by atoms with Crippen molar-refractivity contribution < 1.29 is 9.47 Å². The van der Waals surface area contributed by atoms with Crippen LogP contribution in [0.5, 0.6) is 11.5 Å². The Labute approximate surface area is 187 Å². The molecule has 0 bridgehead atoms. The smallest absolute Gasteiger partial charge is 0.270 e. The number of aromatic amines is 1. The van der Waals surface area contributed by atoms with Crippen molar-refractivity contribution in [1.29, 1.82) is 5.26 Å². The highest BCUT2D eigenvalue weighted by Crippen LogP contribution is 2.39. The van der Waals surface area contributed by atoms with Gasteiger partial charge in [0.25, 0.3) is 5.56 Å². The van der Waals surface area contributed by atoms with Crippen LogP contribution in [0.15, 0.2) is 46.3 Å². The third-order valence-electron chi connectivity index (χ3n) is 4.13. The SMILES string of the molecule is CCOc1cc(-c2nc(SC)[nH]c(=O)c2C#N)c(Cl)cc1OCc1ccccc1Cl. The average molecular weight is 462 g/mol. The molecule has 0 radical (unpaired) electrons. The maximum atomic E-state index is 12.3. The molecule has 0 aliphatic rings. The number of rotatable bonds is 7. The fraction of sp³-hybridized carbons (Fsp3) is 0.190. The van der Waals surface area contributed by atoms with Gasteiger partial charge in [0.2, 0.25) is 0 Å². The minimum Gasteiger partial charge on any atom is -0.490 e. The summed E-state index contributed by atoms with van der Waals surface area (Å²) in [5.41, 5.74) is 0.758. The lowest BCUT2D eigenvalue weighted by molar-refractivity contribution is 0.269. The van der Waals surface area contributed by atoms with Crippen molar-refractivity contribution in [3.8, 4) is 28.8 Å². The molecule has 0 spiro atoms. The number of H-pyrrole nitrogens is 1. The molecule has 0 amide bonds. The van der Waals surface area contributed by atoms with Gasteiger partial charge in [0, 0.05) is 22.2 Å². The van der Waals surface area contributed by atoms with Gasteiger partial charge in [0.1, 0.15) is 18.2 Å². The Morgan fingerprint density at radius 2 is 1.90 bits per heavy atom. The molecule has 1 N–H and O–H groups in total. The second-order valence-electron chi connectivity index (χ2n) is 6.00. The van der Waals surface area contributed by atoms with Gasteiger partial charge in [-0.3, -0.25) is 4.79 Å². The van der Waals surface area contributed by atoms with E-state index in [2.05, 4.69) is 9.97 Å². The minimum atomic E-state index is -0.528. The Morgan fingerprint density at radius 1 is 1.17 bits per heavy atom. The lowest BCUT2D eigenvalue weighted by Crippen LogP contribution is -2.14. The van der Waals surface area contributed by atoms with E-state index >= 15 is 0 Å². The van der Waals surface area contributed by atoms with E-state index in [9.17, 15) is 10.1 Å². The van der Waals surface area contributed by atoms with Crippen molar-refractivity contribution in [3.63, 3.8) is 0 Å². The highest BCUT2D eigenvalue weighted by atomic mass is 35.5. The minimum absolute atomic E-state index is 0.123. The third kappa shape index (κ3) is 4.73. The van der Waals surface area contributed by atoms with Crippen LogP contribution in [0.2, 0.25) is 10.0 Å². The first-order chi connectivity index (χ1) is 14.5. The first-order valence-electron chi connectivity index (χ1n) is 8.89. The zero-order chi connectivity index (χ0) is 21.7. The van der Waals surface area contributed by atoms with E-state index in [1.54, 1.807) is 24.5 Å². The fourth-order valence-corrected chi connectivity index (χ4v) is 3.53. The summed E-state index contributed by atoms with van der Waals surface area (Å²) in [7, 11) is 0. The second-order valence-corrected chi connectivity index (χ2v) is 7.61. The largest absolute Gasteiger partial charge is 0.490 e. The number of nitriles is 1. The number of halogens is 2. The van der Waals surface area contributed by atoms with Crippen LogP contribution in [0.4, 0.5) is 0 Å². The number of nitrogens with zero attached hydrogens (tertiary/aromatic N) is 2. The van der Waals surface area contributed by atoms with E-state index in [0.29, 0.717) is 33.8 Å². The van der Waals surface area contributed by atoms with Gasteiger partial charge < -0.3 is 14.5 Å². The van der Waals surface area contributed by atoms with E-state index in [-0.39, 0.29) is 22.9 Å². The van der Waals surface area contributed by atoms with Gasteiger partial charge in [-0.2, -0.15) is 5.26 Å². The molecule has 30 heavy (non-hydrogen) atoms. The van der Waals surface area contributed by atoms with E-state index in [1.807, 2.05) is 31.2 Å². The van der Waals surface area contributed by atoms with Crippen LogP contribution in [0.25, 0.3) is 11.3 Å². The number of benzene rings is 2. The van der Waals surface area contributed by atoms with Crippen molar-refractivity contribution in [2.75, 3.05) is 12.9 Å². The topological polar surface area (TPSA) is 88.0 Å². The molecule has 0 aliphatic heterocycles. The molecule has 0 saturated carbocycles. The van der Waals surface area contributed by atoms with Gasteiger partial charge in [0.15, 0.2) is 16.7 Å². The van der Waals surface area contributed by atoms with Crippen molar-refractivity contribution >= 4 is 35.0 Å². The van der Waals surface area contributed by atoms with Crippen LogP contribution in [-0.2, 0) is 6.61 Å². The monoisotopic (exact) mass is 461 g/mol. The summed E-state index contributed by atoms with van der Waals surface area (Å²) in [6.07, 6.45) is 1.77. The molecule has 0 unspecified atom stereocenters. The molecule has 2 aromatic carbocycles. The van der Waals surface area contributed by atoms with Crippen molar-refractivity contribution in [3.05, 3.63) is 67.9 Å². The Bertz CT molecular complexity index is 1180. The normalized spacial score (nSPS) is 10.5. The molecular formula is C21H17Cl2N3O3S. The summed E-state index contributed by atoms with van der Waals surface area (Å²) in [5.74, 6) is 0.833. The zero-order valence-corrected chi connectivity index (χ0v) is 18.5. The average Bonchev–Trinajstić information content (AvgIpc) is 2.74. The molecule has 0 fully saturated rings. The van der Waals surface area contributed by atoms with Gasteiger partial charge in [0.05, 0.1) is 17.3 Å². The first kappa shape index (κ1) is 22.0. The number of aromatic nitrogens is 2. The Morgan fingerprint density at radius 3 is 2.57 bits per heavy atom. The second kappa shape index (κ2) is 9.90. The van der Waals surface area contributed by atoms with Crippen LogP contribution in [0.3, 0.4) is 0 Å². The van der Waals surface area contributed by atoms with Gasteiger partial charge in [-0.15, -0.1) is 0 Å². The summed E-state index contributed by atoms with van der Waals surface area (Å²) in [6.45, 7) is 2.44. The van der Waals surface area contributed by atoms with Crippen LogP contribution < -0.4 is 15.0 Å². The Kier molecular flexibility index (Phi) is 7.27. The number of ether oxygens (including phenoxy) is 2. The van der Waals surface area contributed by atoms with Crippen molar-refractivity contribution in [2.45, 2.75) is 18.7 Å². The molecule has 0 atom stereocenters. The summed E-state index contributed by atoms with van der Waals surface area (Å²) < 4.78 is 11.6. The molecule has 0 aliphatic carbocycles. The van der Waals surface area contributed by atoms with Gasteiger partial charge in [-0.1, -0.05) is 53.2 Å². The predicted molar refractivity (Wildman–Crippen MR) is 119 cm³/mol. The third-order valence-corrected chi connectivity index (χ3v) is 5.39. The summed E-state index contributed by atoms with van der Waals surface area (Å²) >= 11 is 13.9. The summed E-state index contributed by atoms with van der Waals surface area (Å²) in [5, 5.41) is 10.7. The molecule has 9 heteroatoms. The molecule has 1 aromatic heterocycles. The van der Waals surface area contributed by atoms with Gasteiger partial charge in [-0.05, 0) is 25.3 Å². The molecule has 1 heterocycles. The fourth-order valence-electron chi connectivity index (χ4n) is 2.72. The molecule has 6 nitrogen and oxygen atoms in total. The van der Waals surface area contributed by atoms with Crippen LogP contribution in [0, 0.1) is 11.3 Å². The Hall–Kier alpha value is -2.66. The highest BCUT2D eigenvalue weighted by molar-refractivity contribution is 7.98. The first-order valence-corrected chi connectivity index (χ1v) is 10.9. The number of hydrogen-bond acceptors (Lipinski definition) is 6. The van der Waals surface area contributed by atoms with E-state index < -0.39 is 5.56 Å². The molecule has 3 rings (SSSR count). The van der Waals surface area contributed by atoms with Crippen LogP contribution in [0.1, 0.15) is 18.1 Å². The maximum absolute atomic E-state index is 12.3. The Balaban J connectivity index is 2.06. The highest BCUT2D eigenvalue weighted by Gasteiger charge is 2.19. The number of nitrogens with one attached hydrogen (secondary N) is 1. The number of hydrogen-bond donors (Lipinski definition) is 1. The van der Waals surface area contributed by atoms with Gasteiger partial charge in [-0.25, -0.2) is 4.98 Å². The quantitative estimate of drug-likeness (QED) is 0.378. The predicted octanol–water partition coefficient (Wildman–Crippen LogP) is 5.31. The number of thioether (sulfide) groups is 1.